The number of para-hydroxylation sites is 3. The lowest BCUT2D eigenvalue weighted by Gasteiger charge is -2.08. The number of aromatic hydroxyl groups is 1. The highest BCUT2D eigenvalue weighted by atomic mass is 16.3. The standard InChI is InChI=1S/C20H21N5O/c1-13(2)11-12-25-17-10-6-3-7-14(17)18(19(25)26)23-24-20-21-15-8-4-5-9-16(15)22-20/h3-10,13,26H,11-12H2,1-2H3,(H,21,22). The Labute approximate surface area is 151 Å². The van der Waals surface area contributed by atoms with Gasteiger partial charge in [-0.3, -0.25) is 0 Å². The Balaban J connectivity index is 1.74. The number of aromatic nitrogens is 3. The highest BCUT2D eigenvalue weighted by molar-refractivity contribution is 5.95. The van der Waals surface area contributed by atoms with Crippen LogP contribution >= 0.6 is 0 Å². The largest absolute Gasteiger partial charge is 0.493 e. The monoisotopic (exact) mass is 347 g/mol. The van der Waals surface area contributed by atoms with E-state index in [2.05, 4.69) is 34.0 Å². The maximum Gasteiger partial charge on any atom is 0.247 e. The molecule has 0 aliphatic carbocycles. The van der Waals surface area contributed by atoms with Crippen molar-refractivity contribution in [2.45, 2.75) is 26.8 Å². The summed E-state index contributed by atoms with van der Waals surface area (Å²) < 4.78 is 1.91. The number of aryl methyl sites for hydroxylation is 1. The van der Waals surface area contributed by atoms with Crippen molar-refractivity contribution in [3.05, 3.63) is 48.5 Å². The van der Waals surface area contributed by atoms with Gasteiger partial charge in [0.15, 0.2) is 5.69 Å². The molecule has 0 fully saturated rings. The first-order valence-electron chi connectivity index (χ1n) is 8.80. The molecule has 6 nitrogen and oxygen atoms in total. The van der Waals surface area contributed by atoms with Crippen molar-refractivity contribution >= 4 is 33.6 Å². The van der Waals surface area contributed by atoms with Crippen LogP contribution in [0.4, 0.5) is 11.6 Å². The number of nitrogens with one attached hydrogen (secondary N) is 1. The van der Waals surface area contributed by atoms with Crippen LogP contribution in [0, 0.1) is 5.92 Å². The Morgan fingerprint density at radius 2 is 1.85 bits per heavy atom. The fraction of sp³-hybridized carbons (Fsp3) is 0.250. The van der Waals surface area contributed by atoms with Crippen molar-refractivity contribution in [1.29, 1.82) is 0 Å². The molecular weight excluding hydrogens is 326 g/mol. The molecule has 0 amide bonds. The second-order valence-electron chi connectivity index (χ2n) is 6.80. The summed E-state index contributed by atoms with van der Waals surface area (Å²) in [5, 5.41) is 20.1. The summed E-state index contributed by atoms with van der Waals surface area (Å²) in [7, 11) is 0. The van der Waals surface area contributed by atoms with Crippen molar-refractivity contribution in [2.24, 2.45) is 16.1 Å². The van der Waals surface area contributed by atoms with Crippen LogP contribution in [0.2, 0.25) is 0 Å². The maximum absolute atomic E-state index is 10.7. The normalized spacial score (nSPS) is 12.1. The van der Waals surface area contributed by atoms with Crippen molar-refractivity contribution in [2.75, 3.05) is 0 Å². The third kappa shape index (κ3) is 2.94. The smallest absolute Gasteiger partial charge is 0.247 e. The minimum atomic E-state index is 0.145. The van der Waals surface area contributed by atoms with Crippen molar-refractivity contribution in [3.63, 3.8) is 0 Å². The molecule has 4 rings (SSSR count). The number of hydrogen-bond donors (Lipinski definition) is 2. The Morgan fingerprint density at radius 1 is 1.08 bits per heavy atom. The van der Waals surface area contributed by atoms with E-state index in [1.54, 1.807) is 0 Å². The third-order valence-electron chi connectivity index (χ3n) is 4.47. The van der Waals surface area contributed by atoms with Gasteiger partial charge in [0.1, 0.15) is 0 Å². The Hall–Kier alpha value is -3.15. The zero-order valence-corrected chi connectivity index (χ0v) is 14.8. The van der Waals surface area contributed by atoms with E-state index in [1.807, 2.05) is 53.1 Å². The van der Waals surface area contributed by atoms with Crippen molar-refractivity contribution in [1.82, 2.24) is 14.5 Å². The van der Waals surface area contributed by atoms with Gasteiger partial charge in [-0.25, -0.2) is 4.98 Å². The lowest BCUT2D eigenvalue weighted by Crippen LogP contribution is -2.00. The van der Waals surface area contributed by atoms with E-state index in [4.69, 9.17) is 0 Å². The van der Waals surface area contributed by atoms with E-state index in [-0.39, 0.29) is 5.88 Å². The molecule has 0 spiro atoms. The maximum atomic E-state index is 10.7. The minimum absolute atomic E-state index is 0.145. The van der Waals surface area contributed by atoms with Gasteiger partial charge in [-0.05, 0) is 30.5 Å². The number of fused-ring (bicyclic) bond motifs is 2. The number of azo groups is 1. The Bertz CT molecular complexity index is 1060. The van der Waals surface area contributed by atoms with Crippen LogP contribution < -0.4 is 0 Å². The SMILES string of the molecule is CC(C)CCn1c(O)c(N=Nc2nc3ccccc3[nH]2)c2ccccc21. The molecule has 2 aromatic heterocycles. The highest BCUT2D eigenvalue weighted by Crippen LogP contribution is 2.39. The van der Waals surface area contributed by atoms with Crippen LogP contribution in [0.3, 0.4) is 0 Å². The number of nitrogens with zero attached hydrogens (tertiary/aromatic N) is 4. The van der Waals surface area contributed by atoms with E-state index in [0.29, 0.717) is 17.6 Å². The van der Waals surface area contributed by atoms with Crippen LogP contribution in [0.15, 0.2) is 58.8 Å². The molecule has 2 aromatic carbocycles. The predicted molar refractivity (Wildman–Crippen MR) is 103 cm³/mol. The van der Waals surface area contributed by atoms with Crippen molar-refractivity contribution < 1.29 is 5.11 Å². The zero-order chi connectivity index (χ0) is 18.1. The van der Waals surface area contributed by atoms with Gasteiger partial charge in [-0.1, -0.05) is 44.2 Å². The number of hydrogen-bond acceptors (Lipinski definition) is 4. The predicted octanol–water partition coefficient (Wildman–Crippen LogP) is 5.68. The summed E-state index contributed by atoms with van der Waals surface area (Å²) in [6.45, 7) is 5.08. The molecule has 0 radical (unpaired) electrons. The van der Waals surface area contributed by atoms with Gasteiger partial charge < -0.3 is 14.7 Å². The molecule has 26 heavy (non-hydrogen) atoms. The summed E-state index contributed by atoms with van der Waals surface area (Å²) in [6, 6.07) is 15.6. The second-order valence-corrected chi connectivity index (χ2v) is 6.80. The first-order chi connectivity index (χ1) is 12.6. The Kier molecular flexibility index (Phi) is 4.16. The first kappa shape index (κ1) is 16.3. The molecular formula is C20H21N5O. The molecule has 132 valence electrons. The van der Waals surface area contributed by atoms with Gasteiger partial charge in [0, 0.05) is 11.9 Å². The molecule has 0 unspecified atom stereocenters. The van der Waals surface area contributed by atoms with Gasteiger partial charge in [0.05, 0.1) is 16.6 Å². The number of aromatic amines is 1. The van der Waals surface area contributed by atoms with E-state index < -0.39 is 0 Å². The lowest BCUT2D eigenvalue weighted by molar-refractivity contribution is 0.407. The Morgan fingerprint density at radius 3 is 2.65 bits per heavy atom. The summed E-state index contributed by atoms with van der Waals surface area (Å²) in [6.07, 6.45) is 0.979. The van der Waals surface area contributed by atoms with Crippen LogP contribution in [-0.2, 0) is 6.54 Å². The van der Waals surface area contributed by atoms with E-state index in [9.17, 15) is 5.11 Å². The zero-order valence-electron chi connectivity index (χ0n) is 14.8. The third-order valence-corrected chi connectivity index (χ3v) is 4.47. The summed E-state index contributed by atoms with van der Waals surface area (Å²) in [5.74, 6) is 1.12. The molecule has 0 aliphatic rings. The fourth-order valence-electron chi connectivity index (χ4n) is 3.07. The molecule has 6 heteroatoms. The summed E-state index contributed by atoms with van der Waals surface area (Å²) in [4.78, 5) is 7.52. The number of imidazole rings is 1. The number of H-pyrrole nitrogens is 1. The van der Waals surface area contributed by atoms with E-state index >= 15 is 0 Å². The molecule has 0 atom stereocenters. The van der Waals surface area contributed by atoms with Crippen LogP contribution in [0.5, 0.6) is 5.88 Å². The molecule has 2 N–H and O–H groups in total. The van der Waals surface area contributed by atoms with Gasteiger partial charge in [-0.2, -0.15) is 0 Å². The fourth-order valence-corrected chi connectivity index (χ4v) is 3.07. The average molecular weight is 347 g/mol. The molecule has 0 aliphatic heterocycles. The molecule has 2 heterocycles. The van der Waals surface area contributed by atoms with Gasteiger partial charge in [0.25, 0.3) is 0 Å². The molecule has 0 saturated heterocycles. The number of benzene rings is 2. The molecule has 0 saturated carbocycles. The van der Waals surface area contributed by atoms with Crippen LogP contribution in [0.1, 0.15) is 20.3 Å². The van der Waals surface area contributed by atoms with E-state index in [1.165, 1.54) is 0 Å². The van der Waals surface area contributed by atoms with E-state index in [0.717, 1.165) is 34.9 Å². The van der Waals surface area contributed by atoms with Crippen molar-refractivity contribution in [3.8, 4) is 5.88 Å². The lowest BCUT2D eigenvalue weighted by atomic mass is 10.1. The topological polar surface area (TPSA) is 78.6 Å². The minimum Gasteiger partial charge on any atom is -0.493 e. The highest BCUT2D eigenvalue weighted by Gasteiger charge is 2.16. The summed E-state index contributed by atoms with van der Waals surface area (Å²) >= 11 is 0. The first-order valence-corrected chi connectivity index (χ1v) is 8.80. The molecule has 4 aromatic rings. The van der Waals surface area contributed by atoms with Gasteiger partial charge in [-0.15, -0.1) is 10.2 Å². The number of rotatable bonds is 5. The molecule has 0 bridgehead atoms. The quantitative estimate of drug-likeness (QED) is 0.455. The summed E-state index contributed by atoms with van der Waals surface area (Å²) in [5.41, 5.74) is 3.18. The second kappa shape index (κ2) is 6.63. The van der Waals surface area contributed by atoms with Crippen LogP contribution in [-0.4, -0.2) is 19.6 Å². The average Bonchev–Trinajstić information content (AvgIpc) is 3.16. The van der Waals surface area contributed by atoms with Gasteiger partial charge >= 0.3 is 0 Å². The van der Waals surface area contributed by atoms with Gasteiger partial charge in [0.2, 0.25) is 11.8 Å². The van der Waals surface area contributed by atoms with Crippen LogP contribution in [0.25, 0.3) is 21.9 Å².